The summed E-state index contributed by atoms with van der Waals surface area (Å²) in [6.07, 6.45) is 2.37. The van der Waals surface area contributed by atoms with E-state index in [1.54, 1.807) is 0 Å². The van der Waals surface area contributed by atoms with Crippen LogP contribution in [0, 0.1) is 5.92 Å². The standard InChI is InChI=1S/C25H22/c1-3-16(2)15-19-14-13-18-9-5-11-21-20-10-4-7-17-8-6-12-22(23(17)20)25(19)24(18)21/h4-14,16H,3,15H2,1-2H3. The zero-order valence-electron chi connectivity index (χ0n) is 14.8. The van der Waals surface area contributed by atoms with E-state index in [9.17, 15) is 0 Å². The first-order valence-electron chi connectivity index (χ1n) is 9.35. The minimum Gasteiger partial charge on any atom is -0.0651 e. The second kappa shape index (κ2) is 5.46. The Morgan fingerprint density at radius 1 is 0.640 bits per heavy atom. The Labute approximate surface area is 148 Å². The SMILES string of the molecule is CCC(C)Cc1ccc2cccc3c4cccc5cccc(c1c23)c54. The number of fused-ring (bicyclic) bond motifs is 2. The van der Waals surface area contributed by atoms with Gasteiger partial charge in [0.25, 0.3) is 0 Å². The Balaban J connectivity index is 2.06. The molecule has 0 saturated carbocycles. The van der Waals surface area contributed by atoms with E-state index in [0.29, 0.717) is 5.92 Å². The molecule has 0 bridgehead atoms. The average Bonchev–Trinajstić information content (AvgIpc) is 2.66. The lowest BCUT2D eigenvalue weighted by Gasteiger charge is -2.18. The smallest absolute Gasteiger partial charge is 0.00236 e. The minimum absolute atomic E-state index is 0.706. The zero-order valence-corrected chi connectivity index (χ0v) is 14.8. The van der Waals surface area contributed by atoms with Crippen molar-refractivity contribution in [1.29, 1.82) is 0 Å². The van der Waals surface area contributed by atoms with Gasteiger partial charge in [-0.3, -0.25) is 0 Å². The van der Waals surface area contributed by atoms with E-state index in [2.05, 4.69) is 80.6 Å². The summed E-state index contributed by atoms with van der Waals surface area (Å²) in [5.41, 5.74) is 1.50. The molecule has 5 rings (SSSR count). The summed E-state index contributed by atoms with van der Waals surface area (Å²) in [6, 6.07) is 24.9. The van der Waals surface area contributed by atoms with Crippen molar-refractivity contribution in [2.45, 2.75) is 26.7 Å². The third kappa shape index (κ3) is 2.07. The van der Waals surface area contributed by atoms with Crippen LogP contribution in [0.1, 0.15) is 25.8 Å². The maximum atomic E-state index is 2.36. The molecule has 25 heavy (non-hydrogen) atoms. The Morgan fingerprint density at radius 2 is 1.24 bits per heavy atom. The van der Waals surface area contributed by atoms with Gasteiger partial charge in [-0.1, -0.05) is 87.0 Å². The van der Waals surface area contributed by atoms with Gasteiger partial charge in [0.1, 0.15) is 0 Å². The second-order valence-electron chi connectivity index (χ2n) is 7.43. The molecule has 0 fully saturated rings. The molecule has 0 spiro atoms. The van der Waals surface area contributed by atoms with Crippen molar-refractivity contribution >= 4 is 43.1 Å². The van der Waals surface area contributed by atoms with Gasteiger partial charge in [0.15, 0.2) is 0 Å². The van der Waals surface area contributed by atoms with E-state index in [1.165, 1.54) is 55.1 Å². The first-order valence-corrected chi connectivity index (χ1v) is 9.35. The van der Waals surface area contributed by atoms with Crippen molar-refractivity contribution in [2.24, 2.45) is 5.92 Å². The van der Waals surface area contributed by atoms with Gasteiger partial charge in [-0.15, -0.1) is 0 Å². The maximum Gasteiger partial charge on any atom is -0.00236 e. The van der Waals surface area contributed by atoms with Gasteiger partial charge in [-0.25, -0.2) is 0 Å². The van der Waals surface area contributed by atoms with Crippen LogP contribution in [0.2, 0.25) is 0 Å². The molecule has 0 aliphatic heterocycles. The number of hydrogen-bond acceptors (Lipinski definition) is 0. The summed E-state index contributed by atoms with van der Waals surface area (Å²) in [4.78, 5) is 0. The predicted molar refractivity (Wildman–Crippen MR) is 111 cm³/mol. The molecule has 5 aromatic carbocycles. The van der Waals surface area contributed by atoms with Gasteiger partial charge < -0.3 is 0 Å². The third-order valence-electron chi connectivity index (χ3n) is 5.86. The Hall–Kier alpha value is -2.60. The molecule has 0 heterocycles. The molecule has 0 N–H and O–H groups in total. The topological polar surface area (TPSA) is 0 Å². The fourth-order valence-electron chi connectivity index (χ4n) is 4.42. The van der Waals surface area contributed by atoms with Crippen LogP contribution < -0.4 is 0 Å². The molecular formula is C25H22. The zero-order chi connectivity index (χ0) is 17.0. The van der Waals surface area contributed by atoms with Crippen LogP contribution in [0.4, 0.5) is 0 Å². The van der Waals surface area contributed by atoms with Crippen LogP contribution in [0.3, 0.4) is 0 Å². The summed E-state index contributed by atoms with van der Waals surface area (Å²) in [5, 5.41) is 11.2. The highest BCUT2D eigenvalue weighted by Crippen LogP contribution is 2.41. The number of hydrogen-bond donors (Lipinski definition) is 0. The van der Waals surface area contributed by atoms with Crippen LogP contribution in [0.15, 0.2) is 66.7 Å². The molecule has 0 nitrogen and oxygen atoms in total. The molecule has 0 aromatic heterocycles. The highest BCUT2D eigenvalue weighted by Gasteiger charge is 2.15. The Kier molecular flexibility index (Phi) is 3.21. The fourth-order valence-corrected chi connectivity index (χ4v) is 4.42. The van der Waals surface area contributed by atoms with Gasteiger partial charge in [0.05, 0.1) is 0 Å². The summed E-state index contributed by atoms with van der Waals surface area (Å²) < 4.78 is 0. The molecule has 0 aliphatic carbocycles. The van der Waals surface area contributed by atoms with Crippen molar-refractivity contribution < 1.29 is 0 Å². The van der Waals surface area contributed by atoms with Gasteiger partial charge in [0, 0.05) is 0 Å². The normalized spacial score (nSPS) is 13.4. The Bertz CT molecular complexity index is 1210. The van der Waals surface area contributed by atoms with Crippen LogP contribution in [0.25, 0.3) is 43.1 Å². The quantitative estimate of drug-likeness (QED) is 0.241. The van der Waals surface area contributed by atoms with Gasteiger partial charge >= 0.3 is 0 Å². The monoisotopic (exact) mass is 322 g/mol. The van der Waals surface area contributed by atoms with Gasteiger partial charge in [-0.05, 0) is 61.0 Å². The molecule has 0 saturated heterocycles. The van der Waals surface area contributed by atoms with Crippen molar-refractivity contribution in [3.05, 3.63) is 72.3 Å². The molecular weight excluding hydrogens is 300 g/mol. The highest BCUT2D eigenvalue weighted by molar-refractivity contribution is 6.33. The van der Waals surface area contributed by atoms with Crippen molar-refractivity contribution in [2.75, 3.05) is 0 Å². The second-order valence-corrected chi connectivity index (χ2v) is 7.43. The number of rotatable bonds is 3. The summed E-state index contributed by atoms with van der Waals surface area (Å²) >= 11 is 0. The summed E-state index contributed by atoms with van der Waals surface area (Å²) in [7, 11) is 0. The lowest BCUT2D eigenvalue weighted by atomic mass is 9.85. The Morgan fingerprint density at radius 3 is 1.92 bits per heavy atom. The van der Waals surface area contributed by atoms with Gasteiger partial charge in [0.2, 0.25) is 0 Å². The first kappa shape index (κ1) is 14.7. The minimum atomic E-state index is 0.706. The third-order valence-corrected chi connectivity index (χ3v) is 5.86. The summed E-state index contributed by atoms with van der Waals surface area (Å²) in [6.45, 7) is 4.65. The number of benzene rings is 5. The molecule has 0 radical (unpaired) electrons. The molecule has 1 unspecified atom stereocenters. The van der Waals surface area contributed by atoms with E-state index < -0.39 is 0 Å². The van der Waals surface area contributed by atoms with Crippen molar-refractivity contribution in [1.82, 2.24) is 0 Å². The predicted octanol–water partition coefficient (Wildman–Crippen LogP) is 7.33. The van der Waals surface area contributed by atoms with E-state index in [4.69, 9.17) is 0 Å². The maximum absolute atomic E-state index is 2.36. The fraction of sp³-hybridized carbons (Fsp3) is 0.200. The van der Waals surface area contributed by atoms with Crippen LogP contribution in [-0.4, -0.2) is 0 Å². The van der Waals surface area contributed by atoms with E-state index in [-0.39, 0.29) is 0 Å². The largest absolute Gasteiger partial charge is 0.0651 e. The molecule has 1 atom stereocenters. The van der Waals surface area contributed by atoms with Crippen LogP contribution in [-0.2, 0) is 6.42 Å². The van der Waals surface area contributed by atoms with E-state index in [0.717, 1.165) is 6.42 Å². The van der Waals surface area contributed by atoms with E-state index in [1.807, 2.05) is 0 Å². The van der Waals surface area contributed by atoms with Crippen LogP contribution in [0.5, 0.6) is 0 Å². The molecule has 122 valence electrons. The molecule has 5 aromatic rings. The average molecular weight is 322 g/mol. The van der Waals surface area contributed by atoms with Crippen molar-refractivity contribution in [3.8, 4) is 0 Å². The highest BCUT2D eigenvalue weighted by atomic mass is 14.2. The first-order chi connectivity index (χ1) is 12.3. The van der Waals surface area contributed by atoms with E-state index >= 15 is 0 Å². The van der Waals surface area contributed by atoms with Crippen LogP contribution >= 0.6 is 0 Å². The lowest BCUT2D eigenvalue weighted by molar-refractivity contribution is 0.562. The molecule has 0 heteroatoms. The molecule has 0 aliphatic rings. The van der Waals surface area contributed by atoms with Gasteiger partial charge in [-0.2, -0.15) is 0 Å². The van der Waals surface area contributed by atoms with Crippen molar-refractivity contribution in [3.63, 3.8) is 0 Å². The lowest BCUT2D eigenvalue weighted by Crippen LogP contribution is -1.99. The summed E-state index contributed by atoms with van der Waals surface area (Å²) in [5.74, 6) is 0.706. The molecule has 0 amide bonds.